The fourth-order valence-corrected chi connectivity index (χ4v) is 3.08. The molecule has 0 spiro atoms. The second-order valence-electron chi connectivity index (χ2n) is 6.89. The fraction of sp³-hybridized carbons (Fsp3) is 0.286. The Kier molecular flexibility index (Phi) is 6.41. The summed E-state index contributed by atoms with van der Waals surface area (Å²) in [5.74, 6) is -1.24. The van der Waals surface area contributed by atoms with Crippen LogP contribution >= 0.6 is 0 Å². The molecule has 2 aromatic carbocycles. The van der Waals surface area contributed by atoms with Crippen molar-refractivity contribution in [3.63, 3.8) is 0 Å². The lowest BCUT2D eigenvalue weighted by Gasteiger charge is -2.26. The third-order valence-electron chi connectivity index (χ3n) is 4.72. The first-order valence-corrected chi connectivity index (χ1v) is 9.52. The van der Waals surface area contributed by atoms with E-state index in [-0.39, 0.29) is 22.8 Å². The third kappa shape index (κ3) is 4.99. The van der Waals surface area contributed by atoms with Crippen LogP contribution in [0.4, 0.5) is 17.1 Å². The van der Waals surface area contributed by atoms with Gasteiger partial charge in [0.05, 0.1) is 10.5 Å². The van der Waals surface area contributed by atoms with Gasteiger partial charge in [-0.05, 0) is 50.1 Å². The van der Waals surface area contributed by atoms with E-state index in [1.165, 1.54) is 31.2 Å². The number of carbonyl (C=O) groups excluding carboxylic acids is 3. The Balaban J connectivity index is 1.59. The van der Waals surface area contributed by atoms with Gasteiger partial charge in [0.2, 0.25) is 5.91 Å². The molecule has 2 amide bonds. The highest BCUT2D eigenvalue weighted by molar-refractivity contribution is 5.98. The molecule has 0 aromatic heterocycles. The molecule has 1 aliphatic rings. The number of nitro groups is 1. The maximum atomic E-state index is 12.3. The Morgan fingerprint density at radius 1 is 1.17 bits per heavy atom. The van der Waals surface area contributed by atoms with Gasteiger partial charge in [-0.25, -0.2) is 4.79 Å². The molecule has 156 valence electrons. The number of non-ortho nitro benzene ring substituents is 1. The molecule has 9 nitrogen and oxygen atoms in total. The molecular weight excluding hydrogens is 390 g/mol. The van der Waals surface area contributed by atoms with E-state index in [4.69, 9.17) is 4.74 Å². The predicted octanol–water partition coefficient (Wildman–Crippen LogP) is 3.30. The van der Waals surface area contributed by atoms with Gasteiger partial charge in [0.1, 0.15) is 0 Å². The highest BCUT2D eigenvalue weighted by Gasteiger charge is 2.22. The van der Waals surface area contributed by atoms with Crippen molar-refractivity contribution in [2.24, 2.45) is 0 Å². The minimum atomic E-state index is -1.11. The monoisotopic (exact) mass is 411 g/mol. The number of nitro benzene ring substituents is 1. The smallest absolute Gasteiger partial charge is 0.338 e. The summed E-state index contributed by atoms with van der Waals surface area (Å²) in [6.45, 7) is 2.06. The lowest BCUT2D eigenvalue weighted by molar-refractivity contribution is -0.384. The summed E-state index contributed by atoms with van der Waals surface area (Å²) in [7, 11) is 0. The van der Waals surface area contributed by atoms with Crippen LogP contribution in [0.3, 0.4) is 0 Å². The van der Waals surface area contributed by atoms with Crippen molar-refractivity contribution < 1.29 is 24.0 Å². The first-order valence-electron chi connectivity index (χ1n) is 9.52. The van der Waals surface area contributed by atoms with Crippen LogP contribution in [0, 0.1) is 10.1 Å². The zero-order valence-electron chi connectivity index (χ0n) is 16.4. The van der Waals surface area contributed by atoms with Crippen molar-refractivity contribution in [3.8, 4) is 0 Å². The predicted molar refractivity (Wildman–Crippen MR) is 109 cm³/mol. The second-order valence-corrected chi connectivity index (χ2v) is 6.89. The van der Waals surface area contributed by atoms with Gasteiger partial charge >= 0.3 is 5.97 Å². The summed E-state index contributed by atoms with van der Waals surface area (Å²) < 4.78 is 5.19. The van der Waals surface area contributed by atoms with Crippen LogP contribution in [-0.2, 0) is 14.3 Å². The number of amides is 2. The van der Waals surface area contributed by atoms with Gasteiger partial charge in [-0.15, -0.1) is 0 Å². The maximum Gasteiger partial charge on any atom is 0.338 e. The molecule has 0 saturated carbocycles. The van der Waals surface area contributed by atoms with E-state index >= 15 is 0 Å². The van der Waals surface area contributed by atoms with Gasteiger partial charge in [0.15, 0.2) is 6.10 Å². The number of piperidine rings is 1. The maximum absolute atomic E-state index is 12.3. The van der Waals surface area contributed by atoms with E-state index < -0.39 is 22.9 Å². The molecule has 1 saturated heterocycles. The molecule has 0 aliphatic carbocycles. The van der Waals surface area contributed by atoms with E-state index in [0.29, 0.717) is 18.7 Å². The molecule has 30 heavy (non-hydrogen) atoms. The number of anilines is 2. The van der Waals surface area contributed by atoms with Crippen molar-refractivity contribution in [1.82, 2.24) is 0 Å². The number of hydrogen-bond donors (Lipinski definition) is 1. The number of nitrogens with zero attached hydrogens (tertiary/aromatic N) is 2. The average molecular weight is 411 g/mol. The summed E-state index contributed by atoms with van der Waals surface area (Å²) in [6.07, 6.45) is 1.23. The van der Waals surface area contributed by atoms with E-state index in [1.54, 1.807) is 29.2 Å². The van der Waals surface area contributed by atoms with Crippen molar-refractivity contribution in [3.05, 3.63) is 64.2 Å². The van der Waals surface area contributed by atoms with Crippen molar-refractivity contribution in [2.75, 3.05) is 16.8 Å². The Bertz CT molecular complexity index is 973. The van der Waals surface area contributed by atoms with Gasteiger partial charge in [0, 0.05) is 36.5 Å². The average Bonchev–Trinajstić information content (AvgIpc) is 2.74. The van der Waals surface area contributed by atoms with Crippen LogP contribution in [0.2, 0.25) is 0 Å². The molecule has 1 aliphatic heterocycles. The van der Waals surface area contributed by atoms with E-state index in [0.717, 1.165) is 12.8 Å². The number of ether oxygens (including phenoxy) is 1. The van der Waals surface area contributed by atoms with Crippen LogP contribution in [-0.4, -0.2) is 35.4 Å². The van der Waals surface area contributed by atoms with Gasteiger partial charge in [-0.3, -0.25) is 19.7 Å². The van der Waals surface area contributed by atoms with Crippen LogP contribution in [0.15, 0.2) is 48.5 Å². The van der Waals surface area contributed by atoms with Gasteiger partial charge in [-0.1, -0.05) is 6.07 Å². The quantitative estimate of drug-likeness (QED) is 0.443. The molecule has 0 bridgehead atoms. The van der Waals surface area contributed by atoms with E-state index in [1.807, 2.05) is 0 Å². The first-order chi connectivity index (χ1) is 14.3. The lowest BCUT2D eigenvalue weighted by atomic mass is 10.1. The molecule has 1 N–H and O–H groups in total. The van der Waals surface area contributed by atoms with Crippen molar-refractivity contribution in [2.45, 2.75) is 32.3 Å². The lowest BCUT2D eigenvalue weighted by Crippen LogP contribution is -2.35. The molecule has 1 unspecified atom stereocenters. The zero-order valence-corrected chi connectivity index (χ0v) is 16.4. The van der Waals surface area contributed by atoms with Crippen LogP contribution < -0.4 is 10.2 Å². The number of carbonyl (C=O) groups is 3. The standard InChI is InChI=1S/C21H21N3O6/c1-14(20(26)22-16-5-4-6-18(13-16)24(28)29)30-21(27)15-8-10-17(11-9-15)23-12-3-2-7-19(23)25/h4-6,8-11,13-14H,2-3,7,12H2,1H3,(H,22,26). The Hall–Kier alpha value is -3.75. The Morgan fingerprint density at radius 2 is 1.90 bits per heavy atom. The summed E-state index contributed by atoms with van der Waals surface area (Å²) >= 11 is 0. The number of esters is 1. The molecule has 0 radical (unpaired) electrons. The van der Waals surface area contributed by atoms with Crippen LogP contribution in [0.1, 0.15) is 36.5 Å². The van der Waals surface area contributed by atoms with Crippen molar-refractivity contribution in [1.29, 1.82) is 0 Å². The fourth-order valence-electron chi connectivity index (χ4n) is 3.08. The summed E-state index contributed by atoms with van der Waals surface area (Å²) in [5, 5.41) is 13.3. The minimum absolute atomic E-state index is 0.0584. The normalized spacial score (nSPS) is 14.7. The Morgan fingerprint density at radius 3 is 2.57 bits per heavy atom. The number of hydrogen-bond acceptors (Lipinski definition) is 6. The largest absolute Gasteiger partial charge is 0.449 e. The third-order valence-corrected chi connectivity index (χ3v) is 4.72. The van der Waals surface area contributed by atoms with E-state index in [2.05, 4.69) is 5.32 Å². The van der Waals surface area contributed by atoms with E-state index in [9.17, 15) is 24.5 Å². The molecule has 1 fully saturated rings. The molecule has 1 atom stereocenters. The highest BCUT2D eigenvalue weighted by Crippen LogP contribution is 2.22. The van der Waals surface area contributed by atoms with Gasteiger partial charge < -0.3 is 15.0 Å². The summed E-state index contributed by atoms with van der Waals surface area (Å²) in [6, 6.07) is 11.9. The molecule has 3 rings (SSSR count). The Labute approximate surface area is 172 Å². The topological polar surface area (TPSA) is 119 Å². The van der Waals surface area contributed by atoms with Crippen LogP contribution in [0.5, 0.6) is 0 Å². The molecular formula is C21H21N3O6. The molecule has 1 heterocycles. The number of nitrogens with one attached hydrogen (secondary N) is 1. The van der Waals surface area contributed by atoms with Gasteiger partial charge in [-0.2, -0.15) is 0 Å². The number of rotatable bonds is 6. The van der Waals surface area contributed by atoms with Gasteiger partial charge in [0.25, 0.3) is 11.6 Å². The first kappa shape index (κ1) is 21.0. The summed E-state index contributed by atoms with van der Waals surface area (Å²) in [4.78, 5) is 48.5. The zero-order chi connectivity index (χ0) is 21.7. The summed E-state index contributed by atoms with van der Waals surface area (Å²) in [5.41, 5.74) is 1.03. The minimum Gasteiger partial charge on any atom is -0.449 e. The van der Waals surface area contributed by atoms with Crippen LogP contribution in [0.25, 0.3) is 0 Å². The molecule has 2 aromatic rings. The SMILES string of the molecule is CC(OC(=O)c1ccc(N2CCCCC2=O)cc1)C(=O)Nc1cccc([N+](=O)[O-])c1. The second kappa shape index (κ2) is 9.17. The van der Waals surface area contributed by atoms with Crippen molar-refractivity contribution >= 4 is 34.8 Å². The molecule has 9 heteroatoms. The number of benzene rings is 2. The highest BCUT2D eigenvalue weighted by atomic mass is 16.6.